The van der Waals surface area contributed by atoms with E-state index >= 15 is 0 Å². The van der Waals surface area contributed by atoms with Gasteiger partial charge in [-0.15, -0.1) is 0 Å². The molecule has 1 aliphatic heterocycles. The predicted octanol–water partition coefficient (Wildman–Crippen LogP) is 6.21. The molecule has 35 heavy (non-hydrogen) atoms. The molecule has 7 heteroatoms. The highest BCUT2D eigenvalue weighted by molar-refractivity contribution is 5.94. The minimum absolute atomic E-state index is 0.233. The minimum atomic E-state index is -0.890. The summed E-state index contributed by atoms with van der Waals surface area (Å²) in [6.45, 7) is 6.21. The number of hydrogen-bond acceptors (Lipinski definition) is 3. The van der Waals surface area contributed by atoms with Crippen LogP contribution in [0.5, 0.6) is 0 Å². The Hall–Kier alpha value is -3.87. The molecule has 1 aliphatic carbocycles. The van der Waals surface area contributed by atoms with Gasteiger partial charge in [-0.1, -0.05) is 54.6 Å². The summed E-state index contributed by atoms with van der Waals surface area (Å²) in [5, 5.41) is 15.7. The number of nitrogens with one attached hydrogen (secondary N) is 2. The Morgan fingerprint density at radius 3 is 2.29 bits per heavy atom. The first-order valence-electron chi connectivity index (χ1n) is 12.0. The Morgan fingerprint density at radius 2 is 1.71 bits per heavy atom. The number of carbonyl (C=O) groups excluding carboxylic acids is 1. The molecule has 1 aromatic heterocycles. The van der Waals surface area contributed by atoms with Gasteiger partial charge in [0.05, 0.1) is 29.2 Å². The number of anilines is 1. The van der Waals surface area contributed by atoms with Crippen LogP contribution in [0.4, 0.5) is 15.3 Å². The maximum absolute atomic E-state index is 12.3. The third kappa shape index (κ3) is 4.01. The van der Waals surface area contributed by atoms with E-state index in [9.17, 15) is 14.7 Å². The first kappa shape index (κ1) is 22.9. The van der Waals surface area contributed by atoms with Crippen molar-refractivity contribution >= 4 is 17.8 Å². The zero-order valence-corrected chi connectivity index (χ0v) is 20.3. The van der Waals surface area contributed by atoms with Gasteiger partial charge in [-0.05, 0) is 57.2 Å². The van der Waals surface area contributed by atoms with E-state index in [1.54, 1.807) is 4.90 Å². The molecule has 2 aromatic carbocycles. The first-order chi connectivity index (χ1) is 16.7. The number of fused-ring (bicyclic) bond motifs is 1. The SMILES string of the molecule is CC(C)(C)N(C(=O)O)C1(c2ccc(-c3nc4c(cc3-c3ccccc3)NC(=O)NC4)cc2)CCC1. The predicted molar refractivity (Wildman–Crippen MR) is 136 cm³/mol. The van der Waals surface area contributed by atoms with Gasteiger partial charge in [0.2, 0.25) is 0 Å². The second-order valence-electron chi connectivity index (χ2n) is 10.3. The number of nitrogens with zero attached hydrogens (tertiary/aromatic N) is 2. The van der Waals surface area contributed by atoms with Gasteiger partial charge < -0.3 is 15.7 Å². The summed E-state index contributed by atoms with van der Waals surface area (Å²) in [6, 6.07) is 19.9. The van der Waals surface area contributed by atoms with Gasteiger partial charge in [0.25, 0.3) is 0 Å². The molecule has 5 rings (SSSR count). The van der Waals surface area contributed by atoms with Crippen LogP contribution in [0.1, 0.15) is 51.3 Å². The number of carboxylic acid groups (broad SMARTS) is 1. The fourth-order valence-corrected chi connectivity index (χ4v) is 5.39. The molecule has 0 saturated heterocycles. The third-order valence-electron chi connectivity index (χ3n) is 7.02. The third-order valence-corrected chi connectivity index (χ3v) is 7.02. The van der Waals surface area contributed by atoms with Gasteiger partial charge in [0.1, 0.15) is 0 Å². The van der Waals surface area contributed by atoms with Crippen molar-refractivity contribution < 1.29 is 14.7 Å². The van der Waals surface area contributed by atoms with E-state index < -0.39 is 17.2 Å². The van der Waals surface area contributed by atoms with Crippen LogP contribution in [0.3, 0.4) is 0 Å². The molecule has 0 radical (unpaired) electrons. The number of amides is 3. The van der Waals surface area contributed by atoms with E-state index in [4.69, 9.17) is 4.98 Å². The average molecular weight is 471 g/mol. The summed E-state index contributed by atoms with van der Waals surface area (Å²) in [5.74, 6) is 0. The van der Waals surface area contributed by atoms with Crippen LogP contribution >= 0.6 is 0 Å². The molecular formula is C28H30N4O3. The van der Waals surface area contributed by atoms with E-state index in [-0.39, 0.29) is 6.03 Å². The second-order valence-corrected chi connectivity index (χ2v) is 10.3. The molecule has 7 nitrogen and oxygen atoms in total. The molecule has 0 bridgehead atoms. The topological polar surface area (TPSA) is 94.6 Å². The monoisotopic (exact) mass is 470 g/mol. The molecule has 0 atom stereocenters. The lowest BCUT2D eigenvalue weighted by atomic mass is 9.69. The quantitative estimate of drug-likeness (QED) is 0.423. The summed E-state index contributed by atoms with van der Waals surface area (Å²) in [7, 11) is 0. The molecule has 180 valence electrons. The molecular weight excluding hydrogens is 440 g/mol. The minimum Gasteiger partial charge on any atom is -0.465 e. The van der Waals surface area contributed by atoms with Crippen LogP contribution in [0.2, 0.25) is 0 Å². The number of hydrogen-bond donors (Lipinski definition) is 3. The highest BCUT2D eigenvalue weighted by atomic mass is 16.4. The van der Waals surface area contributed by atoms with E-state index in [1.807, 2.05) is 81.4 Å². The van der Waals surface area contributed by atoms with Crippen LogP contribution < -0.4 is 10.6 Å². The summed E-state index contributed by atoms with van der Waals surface area (Å²) in [4.78, 5) is 30.7. The van der Waals surface area contributed by atoms with Crippen molar-refractivity contribution in [2.45, 2.75) is 57.7 Å². The van der Waals surface area contributed by atoms with Gasteiger partial charge in [0, 0.05) is 16.7 Å². The smallest absolute Gasteiger partial charge is 0.408 e. The molecule has 3 aromatic rings. The van der Waals surface area contributed by atoms with Gasteiger partial charge in [0.15, 0.2) is 0 Å². The maximum atomic E-state index is 12.3. The Kier molecular flexibility index (Phi) is 5.50. The van der Waals surface area contributed by atoms with E-state index in [0.29, 0.717) is 12.2 Å². The molecule has 1 fully saturated rings. The van der Waals surface area contributed by atoms with Crippen molar-refractivity contribution in [1.29, 1.82) is 0 Å². The highest BCUT2D eigenvalue weighted by Crippen LogP contribution is 2.49. The Morgan fingerprint density at radius 1 is 1.03 bits per heavy atom. The molecule has 2 heterocycles. The van der Waals surface area contributed by atoms with Crippen LogP contribution in [-0.4, -0.2) is 32.7 Å². The van der Waals surface area contributed by atoms with Crippen LogP contribution in [-0.2, 0) is 12.1 Å². The number of carbonyl (C=O) groups is 2. The maximum Gasteiger partial charge on any atom is 0.408 e. The Balaban J connectivity index is 1.59. The van der Waals surface area contributed by atoms with Crippen LogP contribution in [0.15, 0.2) is 60.7 Å². The second kappa shape index (κ2) is 8.41. The van der Waals surface area contributed by atoms with Gasteiger partial charge in [-0.2, -0.15) is 0 Å². The van der Waals surface area contributed by atoms with Gasteiger partial charge in [-0.3, -0.25) is 4.90 Å². The van der Waals surface area contributed by atoms with E-state index in [0.717, 1.165) is 52.9 Å². The Labute approximate surface area is 205 Å². The average Bonchev–Trinajstić information content (AvgIpc) is 2.80. The summed E-state index contributed by atoms with van der Waals surface area (Å²) in [6.07, 6.45) is 1.74. The molecule has 1 saturated carbocycles. The summed E-state index contributed by atoms with van der Waals surface area (Å²) in [5.41, 5.74) is 5.19. The summed E-state index contributed by atoms with van der Waals surface area (Å²) < 4.78 is 0. The van der Waals surface area contributed by atoms with Gasteiger partial charge in [-0.25, -0.2) is 14.6 Å². The zero-order valence-electron chi connectivity index (χ0n) is 20.3. The Bertz CT molecular complexity index is 1280. The fraction of sp³-hybridized carbons (Fsp3) is 0.321. The normalized spacial score (nSPS) is 16.4. The molecule has 2 aliphatic rings. The number of pyridine rings is 1. The molecule has 3 amide bonds. The largest absolute Gasteiger partial charge is 0.465 e. The van der Waals surface area contributed by atoms with Crippen molar-refractivity contribution in [3.63, 3.8) is 0 Å². The lowest BCUT2D eigenvalue weighted by Gasteiger charge is -2.54. The van der Waals surface area contributed by atoms with Crippen LogP contribution in [0.25, 0.3) is 22.4 Å². The molecule has 0 unspecified atom stereocenters. The standard InChI is InChI=1S/C28H30N4O3/c1-27(2,3)32(26(34)35)28(14-7-15-28)20-12-10-19(11-13-20)24-21(18-8-5-4-6-9-18)16-22-23(30-24)17-29-25(33)31-22/h4-6,8-13,16H,7,14-15,17H2,1-3H3,(H,34,35)(H2,29,31,33). The fourth-order valence-electron chi connectivity index (χ4n) is 5.39. The van der Waals surface area contributed by atoms with Crippen molar-refractivity contribution in [2.24, 2.45) is 0 Å². The van der Waals surface area contributed by atoms with Crippen LogP contribution in [0, 0.1) is 0 Å². The number of aromatic nitrogens is 1. The lowest BCUT2D eigenvalue weighted by molar-refractivity contribution is -0.0328. The van der Waals surface area contributed by atoms with Crippen molar-refractivity contribution in [3.05, 3.63) is 71.9 Å². The van der Waals surface area contributed by atoms with Crippen molar-refractivity contribution in [2.75, 3.05) is 5.32 Å². The zero-order chi connectivity index (χ0) is 24.8. The number of benzene rings is 2. The number of rotatable bonds is 4. The van der Waals surface area contributed by atoms with Gasteiger partial charge >= 0.3 is 12.1 Å². The molecule has 3 N–H and O–H groups in total. The first-order valence-corrected chi connectivity index (χ1v) is 12.0. The summed E-state index contributed by atoms with van der Waals surface area (Å²) >= 11 is 0. The van der Waals surface area contributed by atoms with Crippen molar-refractivity contribution in [3.8, 4) is 22.4 Å². The lowest BCUT2D eigenvalue weighted by Crippen LogP contribution is -2.60. The number of urea groups is 1. The van der Waals surface area contributed by atoms with Crippen molar-refractivity contribution in [1.82, 2.24) is 15.2 Å². The van der Waals surface area contributed by atoms with E-state index in [1.165, 1.54) is 0 Å². The highest BCUT2D eigenvalue weighted by Gasteiger charge is 2.50. The van der Waals surface area contributed by atoms with E-state index in [2.05, 4.69) is 10.6 Å². The molecule has 0 spiro atoms.